The van der Waals surface area contributed by atoms with Gasteiger partial charge < -0.3 is 14.7 Å². The molecule has 1 N–H and O–H groups in total. The summed E-state index contributed by atoms with van der Waals surface area (Å²) in [6, 6.07) is 7.28. The van der Waals surface area contributed by atoms with Crippen molar-refractivity contribution in [3.05, 3.63) is 29.3 Å². The Morgan fingerprint density at radius 2 is 2.37 bits per heavy atom. The van der Waals surface area contributed by atoms with Crippen LogP contribution in [0, 0.1) is 0 Å². The zero-order valence-electron chi connectivity index (χ0n) is 10.7. The fraction of sp³-hybridized carbons (Fsp3) is 0.500. The topological polar surface area (TPSA) is 49.8 Å². The average Bonchev–Trinajstić information content (AvgIpc) is 2.87. The summed E-state index contributed by atoms with van der Waals surface area (Å²) in [6.45, 7) is 1.46. The summed E-state index contributed by atoms with van der Waals surface area (Å²) in [5.74, 6) is -0.840. The summed E-state index contributed by atoms with van der Waals surface area (Å²) in [4.78, 5) is 12.8. The van der Waals surface area contributed by atoms with Gasteiger partial charge in [-0.3, -0.25) is 4.79 Å². The van der Waals surface area contributed by atoms with E-state index in [0.29, 0.717) is 11.6 Å². The Balaban J connectivity index is 2.00. The Morgan fingerprint density at radius 1 is 1.53 bits per heavy atom. The molecule has 5 heteroatoms. The van der Waals surface area contributed by atoms with Crippen LogP contribution >= 0.6 is 11.6 Å². The van der Waals surface area contributed by atoms with Crippen molar-refractivity contribution in [1.82, 2.24) is 0 Å². The number of carbonyl (C=O) groups is 1. The van der Waals surface area contributed by atoms with Crippen molar-refractivity contribution in [2.24, 2.45) is 0 Å². The molecule has 1 aromatic carbocycles. The van der Waals surface area contributed by atoms with Gasteiger partial charge in [0, 0.05) is 23.9 Å². The van der Waals surface area contributed by atoms with Crippen LogP contribution in [0.15, 0.2) is 24.3 Å². The highest BCUT2D eigenvalue weighted by Gasteiger charge is 2.18. The molecule has 0 bridgehead atoms. The number of nitrogens with zero attached hydrogens (tertiary/aromatic N) is 1. The third kappa shape index (κ3) is 4.40. The van der Waals surface area contributed by atoms with Crippen molar-refractivity contribution in [2.45, 2.75) is 25.4 Å². The first kappa shape index (κ1) is 14.2. The minimum Gasteiger partial charge on any atom is -0.480 e. The zero-order chi connectivity index (χ0) is 13.7. The van der Waals surface area contributed by atoms with Crippen LogP contribution < -0.4 is 4.90 Å². The predicted molar refractivity (Wildman–Crippen MR) is 74.9 cm³/mol. The third-order valence-electron chi connectivity index (χ3n) is 3.24. The van der Waals surface area contributed by atoms with Gasteiger partial charge >= 0.3 is 5.97 Å². The molecule has 4 nitrogen and oxygen atoms in total. The van der Waals surface area contributed by atoms with Crippen molar-refractivity contribution in [1.29, 1.82) is 0 Å². The van der Waals surface area contributed by atoms with Crippen LogP contribution in [0.2, 0.25) is 5.02 Å². The predicted octanol–water partition coefficient (Wildman–Crippen LogP) is 2.80. The van der Waals surface area contributed by atoms with Crippen LogP contribution in [0.5, 0.6) is 0 Å². The second-order valence-corrected chi connectivity index (χ2v) is 5.16. The summed E-state index contributed by atoms with van der Waals surface area (Å²) in [7, 11) is 0. The van der Waals surface area contributed by atoms with Crippen molar-refractivity contribution in [3.63, 3.8) is 0 Å². The number of hydrogen-bond acceptors (Lipinski definition) is 3. The number of ether oxygens (including phenoxy) is 1. The maximum Gasteiger partial charge on any atom is 0.323 e. The highest BCUT2D eigenvalue weighted by molar-refractivity contribution is 6.30. The van der Waals surface area contributed by atoms with Gasteiger partial charge in [-0.25, -0.2) is 0 Å². The van der Waals surface area contributed by atoms with Gasteiger partial charge in [0.25, 0.3) is 0 Å². The molecule has 104 valence electrons. The Labute approximate surface area is 117 Å². The number of hydrogen-bond donors (Lipinski definition) is 1. The van der Waals surface area contributed by atoms with Crippen LogP contribution in [0.3, 0.4) is 0 Å². The Hall–Kier alpha value is -1.26. The quantitative estimate of drug-likeness (QED) is 0.872. The van der Waals surface area contributed by atoms with Gasteiger partial charge in [0.05, 0.1) is 6.10 Å². The van der Waals surface area contributed by atoms with Crippen molar-refractivity contribution in [3.8, 4) is 0 Å². The molecule has 1 saturated heterocycles. The maximum atomic E-state index is 11.0. The first-order valence-corrected chi connectivity index (χ1v) is 6.87. The summed E-state index contributed by atoms with van der Waals surface area (Å²) >= 11 is 5.95. The number of carboxylic acids is 1. The second-order valence-electron chi connectivity index (χ2n) is 4.72. The van der Waals surface area contributed by atoms with Gasteiger partial charge in [-0.05, 0) is 37.5 Å². The monoisotopic (exact) mass is 283 g/mol. The Kier molecular flexibility index (Phi) is 5.05. The van der Waals surface area contributed by atoms with Crippen LogP contribution in [0.25, 0.3) is 0 Å². The second kappa shape index (κ2) is 6.78. The number of carboxylic acid groups (broad SMARTS) is 1. The molecule has 1 aromatic rings. The first-order valence-electron chi connectivity index (χ1n) is 6.49. The molecule has 1 aliphatic heterocycles. The van der Waals surface area contributed by atoms with Gasteiger partial charge in [-0.1, -0.05) is 17.7 Å². The minimum atomic E-state index is -0.840. The number of rotatable bonds is 6. The molecule has 1 aliphatic rings. The largest absolute Gasteiger partial charge is 0.480 e. The van der Waals surface area contributed by atoms with E-state index in [1.165, 1.54) is 0 Å². The van der Waals surface area contributed by atoms with E-state index in [9.17, 15) is 4.79 Å². The van der Waals surface area contributed by atoms with E-state index in [4.69, 9.17) is 21.4 Å². The van der Waals surface area contributed by atoms with Crippen molar-refractivity contribution in [2.75, 3.05) is 24.6 Å². The fourth-order valence-electron chi connectivity index (χ4n) is 2.31. The van der Waals surface area contributed by atoms with E-state index in [2.05, 4.69) is 0 Å². The van der Waals surface area contributed by atoms with Gasteiger partial charge in [0.1, 0.15) is 6.54 Å². The van der Waals surface area contributed by atoms with Crippen LogP contribution in [-0.2, 0) is 9.53 Å². The lowest BCUT2D eigenvalue weighted by Crippen LogP contribution is -2.32. The highest BCUT2D eigenvalue weighted by atomic mass is 35.5. The molecule has 1 unspecified atom stereocenters. The molecule has 0 radical (unpaired) electrons. The standard InChI is InChI=1S/C14H18ClNO3/c15-11-3-1-4-12(9-11)16(10-14(17)18)7-6-13-5-2-8-19-13/h1,3-4,9,13H,2,5-8,10H2,(H,17,18). The third-order valence-corrected chi connectivity index (χ3v) is 3.48. The van der Waals surface area contributed by atoms with E-state index in [1.807, 2.05) is 17.0 Å². The molecule has 0 aliphatic carbocycles. The molecule has 2 rings (SSSR count). The normalized spacial score (nSPS) is 18.5. The number of aliphatic carboxylic acids is 1. The summed E-state index contributed by atoms with van der Waals surface area (Å²) < 4.78 is 5.57. The van der Waals surface area contributed by atoms with E-state index in [0.717, 1.165) is 31.6 Å². The molecule has 0 spiro atoms. The SMILES string of the molecule is O=C(O)CN(CCC1CCCO1)c1cccc(Cl)c1. The lowest BCUT2D eigenvalue weighted by Gasteiger charge is -2.24. The molecule has 0 aromatic heterocycles. The lowest BCUT2D eigenvalue weighted by atomic mass is 10.1. The summed E-state index contributed by atoms with van der Waals surface area (Å²) in [5, 5.41) is 9.62. The van der Waals surface area contributed by atoms with Crippen LogP contribution in [0.4, 0.5) is 5.69 Å². The molecule has 19 heavy (non-hydrogen) atoms. The summed E-state index contributed by atoms with van der Waals surface area (Å²) in [5.41, 5.74) is 0.841. The van der Waals surface area contributed by atoms with Gasteiger partial charge in [0.15, 0.2) is 0 Å². The molecule has 1 heterocycles. The molecule has 1 fully saturated rings. The average molecular weight is 284 g/mol. The van der Waals surface area contributed by atoms with Crippen molar-refractivity contribution < 1.29 is 14.6 Å². The fourth-order valence-corrected chi connectivity index (χ4v) is 2.49. The van der Waals surface area contributed by atoms with Crippen LogP contribution in [-0.4, -0.2) is 36.9 Å². The molecule has 0 amide bonds. The Morgan fingerprint density at radius 3 is 3.00 bits per heavy atom. The number of benzene rings is 1. The van der Waals surface area contributed by atoms with E-state index < -0.39 is 5.97 Å². The maximum absolute atomic E-state index is 11.0. The number of anilines is 1. The Bertz CT molecular complexity index is 432. The minimum absolute atomic E-state index is 0.0208. The van der Waals surface area contributed by atoms with Crippen molar-refractivity contribution >= 4 is 23.3 Å². The molecular formula is C14H18ClNO3. The molecule has 1 atom stereocenters. The van der Waals surface area contributed by atoms with Gasteiger partial charge in [-0.15, -0.1) is 0 Å². The van der Waals surface area contributed by atoms with Gasteiger partial charge in [0.2, 0.25) is 0 Å². The lowest BCUT2D eigenvalue weighted by molar-refractivity contribution is -0.135. The highest BCUT2D eigenvalue weighted by Crippen LogP contribution is 2.21. The van der Waals surface area contributed by atoms with E-state index >= 15 is 0 Å². The van der Waals surface area contributed by atoms with Gasteiger partial charge in [-0.2, -0.15) is 0 Å². The smallest absolute Gasteiger partial charge is 0.323 e. The zero-order valence-corrected chi connectivity index (χ0v) is 11.5. The van der Waals surface area contributed by atoms with E-state index in [1.54, 1.807) is 12.1 Å². The van der Waals surface area contributed by atoms with Crippen LogP contribution in [0.1, 0.15) is 19.3 Å². The summed E-state index contributed by atoms with van der Waals surface area (Å²) in [6.07, 6.45) is 3.27. The number of halogens is 1. The molecule has 0 saturated carbocycles. The molecular weight excluding hydrogens is 266 g/mol. The van der Waals surface area contributed by atoms with E-state index in [-0.39, 0.29) is 12.6 Å². The first-order chi connectivity index (χ1) is 9.15.